The van der Waals surface area contributed by atoms with E-state index in [0.29, 0.717) is 5.56 Å². The van der Waals surface area contributed by atoms with Crippen molar-refractivity contribution < 1.29 is 14.3 Å². The van der Waals surface area contributed by atoms with Crippen LogP contribution in [0.4, 0.5) is 5.69 Å². The third-order valence-corrected chi connectivity index (χ3v) is 7.26. The van der Waals surface area contributed by atoms with Crippen LogP contribution in [-0.2, 0) is 4.79 Å². The maximum absolute atomic E-state index is 11.6. The van der Waals surface area contributed by atoms with Crippen molar-refractivity contribution in [2.24, 2.45) is 0 Å². The van der Waals surface area contributed by atoms with E-state index in [2.05, 4.69) is 59.1 Å². The van der Waals surface area contributed by atoms with E-state index in [1.54, 1.807) is 26.1 Å². The van der Waals surface area contributed by atoms with Gasteiger partial charge >= 0.3 is 0 Å². The molecule has 2 amide bonds. The molecule has 0 fully saturated rings. The number of rotatable bonds is 4. The molecule has 0 spiro atoms. The Kier molecular flexibility index (Phi) is 9.46. The Morgan fingerprint density at radius 2 is 1.00 bits per heavy atom. The summed E-state index contributed by atoms with van der Waals surface area (Å²) >= 11 is 0. The fraction of sp³-hybridized carbons (Fsp3) is 0.355. The lowest BCUT2D eigenvalue weighted by Gasteiger charge is -2.24. The van der Waals surface area contributed by atoms with Gasteiger partial charge in [-0.1, -0.05) is 18.2 Å². The second kappa shape index (κ2) is 11.9. The molecule has 5 nitrogen and oxygen atoms in total. The third-order valence-electron chi connectivity index (χ3n) is 7.26. The predicted octanol–water partition coefficient (Wildman–Crippen LogP) is 7.26. The molecular weight excluding hydrogens is 448 g/mol. The van der Waals surface area contributed by atoms with Crippen LogP contribution >= 0.6 is 0 Å². The highest BCUT2D eigenvalue weighted by molar-refractivity contribution is 5.93. The van der Waals surface area contributed by atoms with E-state index in [-0.39, 0.29) is 11.8 Å². The molecule has 0 aliphatic heterocycles. The topological polar surface area (TPSA) is 67.4 Å². The van der Waals surface area contributed by atoms with Crippen molar-refractivity contribution in [3.63, 3.8) is 0 Å². The number of hydrogen-bond donors (Lipinski definition) is 2. The average molecular weight is 489 g/mol. The molecule has 0 unspecified atom stereocenters. The zero-order valence-electron chi connectivity index (χ0n) is 23.6. The first kappa shape index (κ1) is 28.6. The van der Waals surface area contributed by atoms with Gasteiger partial charge < -0.3 is 15.4 Å². The zero-order valence-corrected chi connectivity index (χ0v) is 23.6. The molecule has 2 N–H and O–H groups in total. The van der Waals surface area contributed by atoms with Gasteiger partial charge in [0.2, 0.25) is 5.91 Å². The smallest absolute Gasteiger partial charge is 0.251 e. The Bertz CT molecular complexity index is 1230. The summed E-state index contributed by atoms with van der Waals surface area (Å²) in [6.45, 7) is 20.4. The summed E-state index contributed by atoms with van der Waals surface area (Å²) in [7, 11) is 1.62. The highest BCUT2D eigenvalue weighted by Gasteiger charge is 2.20. The Morgan fingerprint density at radius 1 is 0.611 bits per heavy atom. The first-order valence-corrected chi connectivity index (χ1v) is 12.2. The molecule has 5 heteroatoms. The van der Waals surface area contributed by atoms with Crippen LogP contribution in [0.3, 0.4) is 0 Å². The molecule has 0 aliphatic rings. The largest absolute Gasteiger partial charge is 0.456 e. The van der Waals surface area contributed by atoms with Crippen molar-refractivity contribution in [2.75, 3.05) is 12.4 Å². The van der Waals surface area contributed by atoms with Gasteiger partial charge in [0.25, 0.3) is 5.91 Å². The van der Waals surface area contributed by atoms with E-state index in [1.807, 2.05) is 32.0 Å². The number of ether oxygens (including phenoxy) is 1. The van der Waals surface area contributed by atoms with Crippen molar-refractivity contribution >= 4 is 17.5 Å². The first-order chi connectivity index (χ1) is 16.8. The number of anilines is 1. The molecule has 0 bridgehead atoms. The van der Waals surface area contributed by atoms with Crippen LogP contribution in [0.15, 0.2) is 30.3 Å². The summed E-state index contributed by atoms with van der Waals surface area (Å²) in [5.41, 5.74) is 12.1. The minimum Gasteiger partial charge on any atom is -0.456 e. The lowest BCUT2D eigenvalue weighted by molar-refractivity contribution is -0.114. The lowest BCUT2D eigenvalue weighted by atomic mass is 9.93. The van der Waals surface area contributed by atoms with Gasteiger partial charge in [-0.2, -0.15) is 0 Å². The summed E-state index contributed by atoms with van der Waals surface area (Å²) in [6, 6.07) is 9.11. The van der Waals surface area contributed by atoms with Crippen LogP contribution in [0.1, 0.15) is 67.4 Å². The van der Waals surface area contributed by atoms with E-state index in [9.17, 15) is 9.59 Å². The number of carbonyl (C=O) groups is 2. The fourth-order valence-corrected chi connectivity index (χ4v) is 4.25. The van der Waals surface area contributed by atoms with Crippen molar-refractivity contribution in [3.8, 4) is 11.5 Å². The van der Waals surface area contributed by atoms with Crippen LogP contribution in [0, 0.1) is 62.3 Å². The maximum atomic E-state index is 11.6. The molecular formula is C31H40N2O3. The van der Waals surface area contributed by atoms with Gasteiger partial charge in [-0.15, -0.1) is 0 Å². The van der Waals surface area contributed by atoms with Crippen molar-refractivity contribution in [3.05, 3.63) is 86.0 Å². The molecule has 192 valence electrons. The predicted molar refractivity (Wildman–Crippen MR) is 150 cm³/mol. The number of amides is 2. The molecule has 0 saturated carbocycles. The third kappa shape index (κ3) is 5.96. The van der Waals surface area contributed by atoms with E-state index in [4.69, 9.17) is 4.74 Å². The molecule has 0 aliphatic carbocycles. The monoisotopic (exact) mass is 488 g/mol. The second-order valence-electron chi connectivity index (χ2n) is 9.39. The van der Waals surface area contributed by atoms with Gasteiger partial charge in [0.1, 0.15) is 11.5 Å². The van der Waals surface area contributed by atoms with Gasteiger partial charge in [0.05, 0.1) is 0 Å². The molecule has 0 saturated heterocycles. The standard InChI is InChI=1S/C23H31NO2.C8H9NO/c1-11-12(2)16(6)22(17(7)13(11)3)26-23-18(8)14(4)21(24-20(10)25)15(5)19(23)9;1-9-8(10)7-5-3-2-4-6-7/h1-10H3,(H,24,25);2-6H,1H3,(H,9,10). The van der Waals surface area contributed by atoms with E-state index < -0.39 is 0 Å². The summed E-state index contributed by atoms with van der Waals surface area (Å²) in [4.78, 5) is 22.5. The van der Waals surface area contributed by atoms with Gasteiger partial charge in [0, 0.05) is 25.2 Å². The van der Waals surface area contributed by atoms with E-state index >= 15 is 0 Å². The number of hydrogen-bond acceptors (Lipinski definition) is 3. The van der Waals surface area contributed by atoms with Crippen LogP contribution < -0.4 is 15.4 Å². The van der Waals surface area contributed by atoms with E-state index in [0.717, 1.165) is 39.4 Å². The molecule has 36 heavy (non-hydrogen) atoms. The van der Waals surface area contributed by atoms with Gasteiger partial charge in [-0.3, -0.25) is 9.59 Å². The van der Waals surface area contributed by atoms with Crippen LogP contribution in [-0.4, -0.2) is 18.9 Å². The first-order valence-electron chi connectivity index (χ1n) is 12.2. The van der Waals surface area contributed by atoms with Crippen LogP contribution in [0.25, 0.3) is 0 Å². The molecule has 0 radical (unpaired) electrons. The summed E-state index contributed by atoms with van der Waals surface area (Å²) in [6.07, 6.45) is 0. The Balaban J connectivity index is 0.000000380. The van der Waals surface area contributed by atoms with Crippen molar-refractivity contribution in [2.45, 2.75) is 69.2 Å². The Morgan fingerprint density at radius 3 is 1.39 bits per heavy atom. The quantitative estimate of drug-likeness (QED) is 0.406. The summed E-state index contributed by atoms with van der Waals surface area (Å²) in [5, 5.41) is 5.51. The Labute approximate surface area is 216 Å². The highest BCUT2D eigenvalue weighted by atomic mass is 16.5. The van der Waals surface area contributed by atoms with Crippen molar-refractivity contribution in [1.29, 1.82) is 0 Å². The SMILES string of the molecule is CC(=O)Nc1c(C)c(C)c(Oc2c(C)c(C)c(C)c(C)c2C)c(C)c1C.CNC(=O)c1ccccc1. The van der Waals surface area contributed by atoms with Gasteiger partial charge in [-0.05, 0) is 125 Å². The molecule has 3 aromatic carbocycles. The minimum atomic E-state index is -0.0554. The zero-order chi connectivity index (χ0) is 27.3. The fourth-order valence-electron chi connectivity index (χ4n) is 4.25. The highest BCUT2D eigenvalue weighted by Crippen LogP contribution is 2.41. The van der Waals surface area contributed by atoms with E-state index in [1.165, 1.54) is 27.8 Å². The van der Waals surface area contributed by atoms with Crippen LogP contribution in [0.2, 0.25) is 0 Å². The number of nitrogens with one attached hydrogen (secondary N) is 2. The molecule has 0 heterocycles. The minimum absolute atomic E-state index is 0.0411. The molecule has 3 aromatic rings. The maximum Gasteiger partial charge on any atom is 0.251 e. The van der Waals surface area contributed by atoms with Gasteiger partial charge in [-0.25, -0.2) is 0 Å². The normalized spacial score (nSPS) is 10.3. The Hall–Kier alpha value is -3.60. The van der Waals surface area contributed by atoms with Gasteiger partial charge in [0.15, 0.2) is 0 Å². The molecule has 3 rings (SSSR count). The summed E-state index contributed by atoms with van der Waals surface area (Å²) < 4.78 is 6.53. The average Bonchev–Trinajstić information content (AvgIpc) is 2.87. The second-order valence-corrected chi connectivity index (χ2v) is 9.39. The summed E-state index contributed by atoms with van der Waals surface area (Å²) in [5.74, 6) is 1.74. The number of benzene rings is 3. The van der Waals surface area contributed by atoms with Crippen LogP contribution in [0.5, 0.6) is 11.5 Å². The van der Waals surface area contributed by atoms with Crippen molar-refractivity contribution in [1.82, 2.24) is 5.32 Å². The molecule has 0 aromatic heterocycles. The molecule has 0 atom stereocenters. The number of carbonyl (C=O) groups excluding carboxylic acids is 2. The lowest BCUT2D eigenvalue weighted by Crippen LogP contribution is -2.17.